The van der Waals surface area contributed by atoms with Crippen molar-refractivity contribution in [2.75, 3.05) is 19.4 Å². The molecule has 0 bridgehead atoms. The van der Waals surface area contributed by atoms with Crippen LogP contribution in [-0.2, 0) is 9.84 Å². The van der Waals surface area contributed by atoms with E-state index in [0.717, 1.165) is 16.7 Å². The Morgan fingerprint density at radius 3 is 2.00 bits per heavy atom. The summed E-state index contributed by atoms with van der Waals surface area (Å²) < 4.78 is 24.2. The van der Waals surface area contributed by atoms with Gasteiger partial charge in [0.25, 0.3) is 11.1 Å². The van der Waals surface area contributed by atoms with Crippen molar-refractivity contribution < 1.29 is 18.0 Å². The first kappa shape index (κ1) is 21.0. The first-order valence-corrected chi connectivity index (χ1v) is 10.6. The van der Waals surface area contributed by atoms with Gasteiger partial charge in [-0.2, -0.15) is 0 Å². The van der Waals surface area contributed by atoms with Crippen LogP contribution >= 0.6 is 11.8 Å². The van der Waals surface area contributed by atoms with Gasteiger partial charge in [0.05, 0.1) is 10.1 Å². The minimum atomic E-state index is -3.36. The molecule has 0 fully saturated rings. The summed E-state index contributed by atoms with van der Waals surface area (Å²) in [6.07, 6.45) is 0. The number of carbonyl (C=O) groups excluding carboxylic acids is 2. The summed E-state index contributed by atoms with van der Waals surface area (Å²) in [6, 6.07) is 12.8. The summed E-state index contributed by atoms with van der Waals surface area (Å²) >= 11 is 1.10. The number of rotatable bonds is 5. The van der Waals surface area contributed by atoms with E-state index in [9.17, 15) is 18.0 Å². The third-order valence-electron chi connectivity index (χ3n) is 3.75. The lowest BCUT2D eigenvalue weighted by Crippen LogP contribution is -2.16. The fraction of sp³-hybridized carbons (Fsp3) is 0.263. The van der Waals surface area contributed by atoms with Crippen molar-refractivity contribution in [3.05, 3.63) is 54.1 Å². The molecule has 2 aromatic rings. The summed E-state index contributed by atoms with van der Waals surface area (Å²) in [5.74, 6) is -0.340. The number of nitrogens with zero attached hydrogens (tertiary/aromatic N) is 1. The molecule has 2 aromatic carbocycles. The smallest absolute Gasteiger partial charge is 0.285 e. The molecule has 0 saturated heterocycles. The minimum absolute atomic E-state index is 0.0803. The van der Waals surface area contributed by atoms with E-state index in [4.69, 9.17) is 0 Å². The van der Waals surface area contributed by atoms with Crippen LogP contribution in [0, 0.1) is 0 Å². The number of carbonyl (C=O) groups is 2. The van der Waals surface area contributed by atoms with Crippen molar-refractivity contribution in [2.24, 2.45) is 0 Å². The van der Waals surface area contributed by atoms with Crippen LogP contribution in [-0.4, -0.2) is 43.8 Å². The molecule has 0 aliphatic rings. The second-order valence-electron chi connectivity index (χ2n) is 6.36. The minimum Gasteiger partial charge on any atom is -0.339 e. The van der Waals surface area contributed by atoms with E-state index in [0.29, 0.717) is 11.3 Å². The average molecular weight is 407 g/mol. The molecule has 0 unspecified atom stereocenters. The van der Waals surface area contributed by atoms with Crippen molar-refractivity contribution >= 4 is 38.4 Å². The number of thioether (sulfide) groups is 1. The molecule has 8 heteroatoms. The monoisotopic (exact) mass is 406 g/mol. The number of nitrogens with one attached hydrogen (secondary N) is 1. The molecular weight excluding hydrogens is 384 g/mol. The Morgan fingerprint density at radius 2 is 1.52 bits per heavy atom. The summed E-state index contributed by atoms with van der Waals surface area (Å²) in [4.78, 5) is 26.5. The van der Waals surface area contributed by atoms with Crippen LogP contribution in [0.3, 0.4) is 0 Å². The number of anilines is 1. The van der Waals surface area contributed by atoms with Gasteiger partial charge in [-0.1, -0.05) is 0 Å². The number of hydrogen-bond donors (Lipinski definition) is 1. The summed E-state index contributed by atoms with van der Waals surface area (Å²) in [5, 5.41) is 2.15. The van der Waals surface area contributed by atoms with Crippen LogP contribution in [0.2, 0.25) is 0 Å². The largest absolute Gasteiger partial charge is 0.339 e. The Bertz CT molecular complexity index is 919. The molecule has 0 spiro atoms. The summed E-state index contributed by atoms with van der Waals surface area (Å²) in [6.45, 7) is 3.23. The van der Waals surface area contributed by atoms with Gasteiger partial charge in [0.1, 0.15) is 0 Å². The normalized spacial score (nSPS) is 11.3. The first-order chi connectivity index (χ1) is 12.6. The average Bonchev–Trinajstić information content (AvgIpc) is 2.63. The Balaban J connectivity index is 2.06. The Morgan fingerprint density at radius 1 is 0.963 bits per heavy atom. The molecule has 2 rings (SSSR count). The SMILES string of the molecule is CC(C)S(=O)(=O)c1ccc(C(=O)Nc2ccc(SC(=O)N(C)C)cc2)cc1. The molecule has 0 saturated carbocycles. The number of benzene rings is 2. The third-order valence-corrected chi connectivity index (χ3v) is 6.97. The Kier molecular flexibility index (Phi) is 6.67. The standard InChI is InChI=1S/C19H22N2O4S2/c1-13(2)27(24,25)17-11-5-14(6-12-17)18(22)20-15-7-9-16(10-8-15)26-19(23)21(3)4/h5-13H,1-4H3,(H,20,22). The molecular formula is C19H22N2O4S2. The lowest BCUT2D eigenvalue weighted by Gasteiger charge is -2.10. The topological polar surface area (TPSA) is 83.5 Å². The highest BCUT2D eigenvalue weighted by Crippen LogP contribution is 2.23. The van der Waals surface area contributed by atoms with Gasteiger partial charge < -0.3 is 10.2 Å². The summed E-state index contributed by atoms with van der Waals surface area (Å²) in [5.41, 5.74) is 0.944. The maximum absolute atomic E-state index is 12.3. The number of sulfone groups is 1. The highest BCUT2D eigenvalue weighted by Gasteiger charge is 2.19. The molecule has 144 valence electrons. The van der Waals surface area contributed by atoms with E-state index < -0.39 is 15.1 Å². The maximum atomic E-state index is 12.3. The van der Waals surface area contributed by atoms with Crippen LogP contribution in [0.1, 0.15) is 24.2 Å². The van der Waals surface area contributed by atoms with Gasteiger partial charge >= 0.3 is 0 Å². The van der Waals surface area contributed by atoms with E-state index in [1.807, 2.05) is 0 Å². The lowest BCUT2D eigenvalue weighted by molar-refractivity contribution is 0.102. The lowest BCUT2D eigenvalue weighted by atomic mass is 10.2. The zero-order valence-corrected chi connectivity index (χ0v) is 17.2. The van der Waals surface area contributed by atoms with Crippen LogP contribution < -0.4 is 5.32 Å². The van der Waals surface area contributed by atoms with Crippen LogP contribution in [0.25, 0.3) is 0 Å². The van der Waals surface area contributed by atoms with Gasteiger partial charge in [-0.05, 0) is 74.1 Å². The van der Waals surface area contributed by atoms with Crippen molar-refractivity contribution in [1.29, 1.82) is 0 Å². The zero-order chi connectivity index (χ0) is 20.2. The van der Waals surface area contributed by atoms with Gasteiger partial charge in [-0.15, -0.1) is 0 Å². The molecule has 6 nitrogen and oxygen atoms in total. The number of hydrogen-bond acceptors (Lipinski definition) is 5. The molecule has 0 aliphatic heterocycles. The van der Waals surface area contributed by atoms with E-state index in [-0.39, 0.29) is 16.0 Å². The maximum Gasteiger partial charge on any atom is 0.285 e. The van der Waals surface area contributed by atoms with E-state index in [1.54, 1.807) is 52.2 Å². The van der Waals surface area contributed by atoms with E-state index in [2.05, 4.69) is 5.32 Å². The molecule has 1 N–H and O–H groups in total. The van der Waals surface area contributed by atoms with Crippen molar-refractivity contribution in [1.82, 2.24) is 4.90 Å². The number of amides is 2. The van der Waals surface area contributed by atoms with Gasteiger partial charge in [0.15, 0.2) is 9.84 Å². The first-order valence-electron chi connectivity index (χ1n) is 8.26. The third kappa shape index (κ3) is 5.33. The van der Waals surface area contributed by atoms with Gasteiger partial charge in [-0.3, -0.25) is 9.59 Å². The summed E-state index contributed by atoms with van der Waals surface area (Å²) in [7, 11) is 0.0000997. The highest BCUT2D eigenvalue weighted by molar-refractivity contribution is 8.13. The van der Waals surface area contributed by atoms with E-state index >= 15 is 0 Å². The predicted octanol–water partition coefficient (Wildman–Crippen LogP) is 3.89. The fourth-order valence-corrected chi connectivity index (χ4v) is 3.79. The predicted molar refractivity (Wildman–Crippen MR) is 108 cm³/mol. The van der Waals surface area contributed by atoms with Gasteiger partial charge in [-0.25, -0.2) is 8.42 Å². The van der Waals surface area contributed by atoms with Gasteiger partial charge in [0, 0.05) is 30.2 Å². The van der Waals surface area contributed by atoms with E-state index in [1.165, 1.54) is 29.2 Å². The Hall–Kier alpha value is -2.32. The Labute approximate surface area is 163 Å². The highest BCUT2D eigenvalue weighted by atomic mass is 32.2. The van der Waals surface area contributed by atoms with Crippen molar-refractivity contribution in [3.8, 4) is 0 Å². The zero-order valence-electron chi connectivity index (χ0n) is 15.6. The van der Waals surface area contributed by atoms with Crippen LogP contribution in [0.5, 0.6) is 0 Å². The quantitative estimate of drug-likeness (QED) is 0.762. The second kappa shape index (κ2) is 8.58. The molecule has 0 atom stereocenters. The van der Waals surface area contributed by atoms with Crippen LogP contribution in [0.4, 0.5) is 10.5 Å². The van der Waals surface area contributed by atoms with Gasteiger partial charge in [0.2, 0.25) is 0 Å². The van der Waals surface area contributed by atoms with Crippen LogP contribution in [0.15, 0.2) is 58.3 Å². The molecule has 0 aliphatic carbocycles. The molecule has 2 amide bonds. The van der Waals surface area contributed by atoms with Crippen molar-refractivity contribution in [2.45, 2.75) is 28.9 Å². The molecule has 0 aromatic heterocycles. The molecule has 0 heterocycles. The fourth-order valence-electron chi connectivity index (χ4n) is 2.07. The van der Waals surface area contributed by atoms with Crippen molar-refractivity contribution in [3.63, 3.8) is 0 Å². The molecule has 0 radical (unpaired) electrons. The second-order valence-corrected chi connectivity index (χ2v) is 9.89. The molecule has 27 heavy (non-hydrogen) atoms.